The highest BCUT2D eigenvalue weighted by atomic mass is 16.5. The summed E-state index contributed by atoms with van der Waals surface area (Å²) in [5, 5.41) is 7.07. The molecule has 3 rings (SSSR count). The Labute approximate surface area is 153 Å². The highest BCUT2D eigenvalue weighted by Gasteiger charge is 2.25. The van der Waals surface area contributed by atoms with Crippen LogP contribution in [0.25, 0.3) is 11.4 Å². The van der Waals surface area contributed by atoms with Gasteiger partial charge in [-0.2, -0.15) is 4.98 Å². The maximum atomic E-state index is 12.1. The summed E-state index contributed by atoms with van der Waals surface area (Å²) in [6, 6.07) is 7.61. The zero-order valence-electron chi connectivity index (χ0n) is 15.4. The van der Waals surface area contributed by atoms with Gasteiger partial charge >= 0.3 is 0 Å². The number of hydrogen-bond acceptors (Lipinski definition) is 6. The van der Waals surface area contributed by atoms with Gasteiger partial charge < -0.3 is 14.6 Å². The van der Waals surface area contributed by atoms with E-state index in [0.29, 0.717) is 18.3 Å². The molecule has 140 valence electrons. The molecule has 2 aromatic rings. The largest absolute Gasteiger partial charge is 0.496 e. The van der Waals surface area contributed by atoms with Gasteiger partial charge in [-0.15, -0.1) is 0 Å². The van der Waals surface area contributed by atoms with E-state index in [2.05, 4.69) is 27.3 Å². The normalized spacial score (nSPS) is 15.8. The number of piperidine rings is 1. The van der Waals surface area contributed by atoms with Crippen LogP contribution in [0.4, 0.5) is 0 Å². The summed E-state index contributed by atoms with van der Waals surface area (Å²) in [5.41, 5.74) is 0.816. The predicted octanol–water partition coefficient (Wildman–Crippen LogP) is 2.48. The average molecular weight is 358 g/mol. The summed E-state index contributed by atoms with van der Waals surface area (Å²) in [6.07, 6.45) is 2.70. The highest BCUT2D eigenvalue weighted by Crippen LogP contribution is 2.27. The molecule has 2 heterocycles. The van der Waals surface area contributed by atoms with Crippen molar-refractivity contribution in [3.63, 3.8) is 0 Å². The van der Waals surface area contributed by atoms with Crippen LogP contribution in [0.5, 0.6) is 5.75 Å². The third-order valence-electron chi connectivity index (χ3n) is 4.68. The van der Waals surface area contributed by atoms with Gasteiger partial charge in [0, 0.05) is 12.5 Å². The molecule has 1 aliphatic rings. The number of amides is 1. The number of carbonyl (C=O) groups excluding carboxylic acids is 1. The van der Waals surface area contributed by atoms with Crippen molar-refractivity contribution in [1.29, 1.82) is 0 Å². The van der Waals surface area contributed by atoms with Crippen LogP contribution in [0.1, 0.15) is 32.1 Å². The second-order valence-corrected chi connectivity index (χ2v) is 6.55. The molecule has 1 amide bonds. The van der Waals surface area contributed by atoms with E-state index in [4.69, 9.17) is 9.26 Å². The SMILES string of the molecule is CCCNC(=O)C1CCN(Cc2nc(-c3ccccc3OC)no2)CC1. The Morgan fingerprint density at radius 2 is 2.12 bits per heavy atom. The van der Waals surface area contributed by atoms with Crippen LogP contribution >= 0.6 is 0 Å². The van der Waals surface area contributed by atoms with Crippen molar-refractivity contribution in [1.82, 2.24) is 20.4 Å². The molecule has 1 aliphatic heterocycles. The fourth-order valence-electron chi connectivity index (χ4n) is 3.19. The van der Waals surface area contributed by atoms with Gasteiger partial charge in [-0.05, 0) is 44.5 Å². The van der Waals surface area contributed by atoms with Crippen LogP contribution in [0.15, 0.2) is 28.8 Å². The first-order chi connectivity index (χ1) is 12.7. The Morgan fingerprint density at radius 1 is 1.35 bits per heavy atom. The average Bonchev–Trinajstić information content (AvgIpc) is 3.15. The van der Waals surface area contributed by atoms with Crippen molar-refractivity contribution in [2.45, 2.75) is 32.7 Å². The van der Waals surface area contributed by atoms with Gasteiger partial charge in [0.2, 0.25) is 17.6 Å². The maximum absolute atomic E-state index is 12.1. The van der Waals surface area contributed by atoms with Gasteiger partial charge in [0.25, 0.3) is 0 Å². The van der Waals surface area contributed by atoms with E-state index in [9.17, 15) is 4.79 Å². The standard InChI is InChI=1S/C19H26N4O3/c1-3-10-20-19(24)14-8-11-23(12-9-14)13-17-21-18(22-26-17)15-6-4-5-7-16(15)25-2/h4-7,14H,3,8-13H2,1-2H3,(H,20,24). The molecule has 0 atom stereocenters. The summed E-state index contributed by atoms with van der Waals surface area (Å²) >= 11 is 0. The zero-order valence-corrected chi connectivity index (χ0v) is 15.4. The number of carbonyl (C=O) groups is 1. The summed E-state index contributed by atoms with van der Waals surface area (Å²) in [7, 11) is 1.63. The fourth-order valence-corrected chi connectivity index (χ4v) is 3.19. The first kappa shape index (κ1) is 18.4. The van der Waals surface area contributed by atoms with Crippen LogP contribution < -0.4 is 10.1 Å². The molecule has 1 aromatic carbocycles. The van der Waals surface area contributed by atoms with Crippen LogP contribution in [-0.4, -0.2) is 47.7 Å². The molecule has 0 saturated carbocycles. The van der Waals surface area contributed by atoms with Crippen molar-refractivity contribution in [2.75, 3.05) is 26.7 Å². The summed E-state index contributed by atoms with van der Waals surface area (Å²) < 4.78 is 10.8. The molecule has 0 unspecified atom stereocenters. The minimum Gasteiger partial charge on any atom is -0.496 e. The predicted molar refractivity (Wildman–Crippen MR) is 97.6 cm³/mol. The number of nitrogens with one attached hydrogen (secondary N) is 1. The lowest BCUT2D eigenvalue weighted by Gasteiger charge is -2.30. The second kappa shape index (κ2) is 8.80. The highest BCUT2D eigenvalue weighted by molar-refractivity contribution is 5.78. The first-order valence-electron chi connectivity index (χ1n) is 9.17. The van der Waals surface area contributed by atoms with Crippen molar-refractivity contribution in [2.24, 2.45) is 5.92 Å². The van der Waals surface area contributed by atoms with Crippen LogP contribution in [0.3, 0.4) is 0 Å². The van der Waals surface area contributed by atoms with Gasteiger partial charge in [-0.1, -0.05) is 24.2 Å². The molecule has 1 saturated heterocycles. The van der Waals surface area contributed by atoms with Crippen molar-refractivity contribution < 1.29 is 14.1 Å². The van der Waals surface area contributed by atoms with Gasteiger partial charge in [-0.3, -0.25) is 9.69 Å². The molecule has 1 aromatic heterocycles. The van der Waals surface area contributed by atoms with Gasteiger partial charge in [-0.25, -0.2) is 0 Å². The first-order valence-corrected chi connectivity index (χ1v) is 9.17. The Kier molecular flexibility index (Phi) is 6.22. The summed E-state index contributed by atoms with van der Waals surface area (Å²) in [4.78, 5) is 18.8. The molecule has 7 heteroatoms. The summed E-state index contributed by atoms with van der Waals surface area (Å²) in [6.45, 7) is 5.14. The van der Waals surface area contributed by atoms with Gasteiger partial charge in [0.15, 0.2) is 0 Å². The van der Waals surface area contributed by atoms with E-state index in [1.807, 2.05) is 24.3 Å². The van der Waals surface area contributed by atoms with E-state index >= 15 is 0 Å². The molecule has 1 fully saturated rings. The lowest BCUT2D eigenvalue weighted by atomic mass is 9.96. The smallest absolute Gasteiger partial charge is 0.241 e. The molecule has 0 spiro atoms. The number of rotatable bonds is 7. The van der Waals surface area contributed by atoms with E-state index in [1.165, 1.54) is 0 Å². The third-order valence-corrected chi connectivity index (χ3v) is 4.68. The van der Waals surface area contributed by atoms with E-state index in [1.54, 1.807) is 7.11 Å². The second-order valence-electron chi connectivity index (χ2n) is 6.55. The van der Waals surface area contributed by atoms with Crippen molar-refractivity contribution >= 4 is 5.91 Å². The molecule has 0 bridgehead atoms. The molecule has 0 radical (unpaired) electrons. The zero-order chi connectivity index (χ0) is 18.4. The molecule has 7 nitrogen and oxygen atoms in total. The monoisotopic (exact) mass is 358 g/mol. The number of methoxy groups -OCH3 is 1. The number of benzene rings is 1. The molecular weight excluding hydrogens is 332 g/mol. The topological polar surface area (TPSA) is 80.5 Å². The van der Waals surface area contributed by atoms with Crippen LogP contribution in [0.2, 0.25) is 0 Å². The van der Waals surface area contributed by atoms with Crippen molar-refractivity contribution in [3.05, 3.63) is 30.2 Å². The Balaban J connectivity index is 1.55. The van der Waals surface area contributed by atoms with Gasteiger partial charge in [0.05, 0.1) is 19.2 Å². The number of para-hydroxylation sites is 1. The molecular formula is C19H26N4O3. The van der Waals surface area contributed by atoms with Crippen molar-refractivity contribution in [3.8, 4) is 17.1 Å². The Hall–Kier alpha value is -2.41. The number of likely N-dealkylation sites (tertiary alicyclic amines) is 1. The number of nitrogens with zero attached hydrogens (tertiary/aromatic N) is 3. The number of hydrogen-bond donors (Lipinski definition) is 1. The lowest BCUT2D eigenvalue weighted by molar-refractivity contribution is -0.126. The fraction of sp³-hybridized carbons (Fsp3) is 0.526. The number of ether oxygens (including phenoxy) is 1. The summed E-state index contributed by atoms with van der Waals surface area (Å²) in [5.74, 6) is 2.14. The lowest BCUT2D eigenvalue weighted by Crippen LogP contribution is -2.40. The number of aromatic nitrogens is 2. The maximum Gasteiger partial charge on any atom is 0.241 e. The van der Waals surface area contributed by atoms with E-state index < -0.39 is 0 Å². The molecule has 0 aliphatic carbocycles. The van der Waals surface area contributed by atoms with E-state index in [0.717, 1.165) is 50.2 Å². The minimum absolute atomic E-state index is 0.115. The van der Waals surface area contributed by atoms with Crippen LogP contribution in [-0.2, 0) is 11.3 Å². The van der Waals surface area contributed by atoms with Gasteiger partial charge in [0.1, 0.15) is 5.75 Å². The third kappa shape index (κ3) is 4.40. The minimum atomic E-state index is 0.115. The van der Waals surface area contributed by atoms with Crippen LogP contribution in [0, 0.1) is 5.92 Å². The Morgan fingerprint density at radius 3 is 2.85 bits per heavy atom. The molecule has 1 N–H and O–H groups in total. The Bertz CT molecular complexity index is 723. The molecule has 26 heavy (non-hydrogen) atoms. The quantitative estimate of drug-likeness (QED) is 0.819. The van der Waals surface area contributed by atoms with E-state index in [-0.39, 0.29) is 11.8 Å².